The van der Waals surface area contributed by atoms with Crippen molar-refractivity contribution in [1.29, 1.82) is 0 Å². The number of nitrogens with one attached hydrogen (secondary N) is 1. The zero-order valence-electron chi connectivity index (χ0n) is 15.6. The lowest BCUT2D eigenvalue weighted by molar-refractivity contribution is -0.116. The molecule has 3 aromatic rings. The van der Waals surface area contributed by atoms with Gasteiger partial charge in [0.1, 0.15) is 11.5 Å². The minimum atomic E-state index is -0.398. The van der Waals surface area contributed by atoms with Gasteiger partial charge >= 0.3 is 0 Å². The first kappa shape index (κ1) is 18.6. The van der Waals surface area contributed by atoms with Gasteiger partial charge in [-0.3, -0.25) is 14.4 Å². The second-order valence-corrected chi connectivity index (χ2v) is 7.93. The molecule has 3 amide bonds. The van der Waals surface area contributed by atoms with Crippen molar-refractivity contribution in [2.75, 3.05) is 10.2 Å². The highest BCUT2D eigenvalue weighted by molar-refractivity contribution is 9.10. The molecule has 30 heavy (non-hydrogen) atoms. The van der Waals surface area contributed by atoms with Gasteiger partial charge in [0.15, 0.2) is 0 Å². The van der Waals surface area contributed by atoms with E-state index >= 15 is 0 Å². The van der Waals surface area contributed by atoms with Crippen LogP contribution in [0.3, 0.4) is 0 Å². The number of carbonyl (C=O) groups excluding carboxylic acids is 3. The average molecular weight is 463 g/mol. The number of hydrogen-bond acceptors (Lipinski definition) is 4. The second-order valence-electron chi connectivity index (χ2n) is 7.07. The minimum absolute atomic E-state index is 0.0199. The maximum atomic E-state index is 13.0. The van der Waals surface area contributed by atoms with Crippen LogP contribution in [-0.4, -0.2) is 17.7 Å². The number of aryl methyl sites for hydroxylation is 1. The minimum Gasteiger partial charge on any atom is -0.457 e. The Morgan fingerprint density at radius 2 is 1.57 bits per heavy atom. The molecule has 2 heterocycles. The van der Waals surface area contributed by atoms with Crippen LogP contribution in [0, 0.1) is 0 Å². The van der Waals surface area contributed by atoms with Crippen LogP contribution < -0.4 is 15.0 Å². The molecule has 0 spiro atoms. The lowest BCUT2D eigenvalue weighted by atomic mass is 10.0. The first-order chi connectivity index (χ1) is 14.5. The van der Waals surface area contributed by atoms with Gasteiger partial charge in [-0.15, -0.1) is 0 Å². The van der Waals surface area contributed by atoms with Crippen LogP contribution in [0.1, 0.15) is 32.7 Å². The summed E-state index contributed by atoms with van der Waals surface area (Å²) in [5.41, 5.74) is 2.91. The molecular formula is C23H15BrN2O4. The van der Waals surface area contributed by atoms with Gasteiger partial charge in [0.25, 0.3) is 11.8 Å². The molecular weight excluding hydrogens is 448 g/mol. The number of halogens is 1. The Balaban J connectivity index is 1.45. The fraction of sp³-hybridized carbons (Fsp3) is 0.0870. The Bertz CT molecular complexity index is 1240. The standard InChI is InChI=1S/C23H15BrN2O4/c24-18-3-1-2-4-20(18)26-22(28)16-9-8-14(11-17(16)23(26)29)30-15-7-5-13-6-10-21(27)25-19(13)12-15/h1-5,7-9,11-12H,6,10H2,(H,25,27). The molecule has 0 aliphatic carbocycles. The molecule has 148 valence electrons. The number of ether oxygens (including phenoxy) is 1. The molecule has 3 aromatic carbocycles. The summed E-state index contributed by atoms with van der Waals surface area (Å²) in [6.45, 7) is 0. The monoisotopic (exact) mass is 462 g/mol. The van der Waals surface area contributed by atoms with Crippen molar-refractivity contribution in [3.8, 4) is 11.5 Å². The van der Waals surface area contributed by atoms with Crippen LogP contribution in [-0.2, 0) is 11.2 Å². The van der Waals surface area contributed by atoms with E-state index in [1.807, 2.05) is 18.2 Å². The largest absolute Gasteiger partial charge is 0.457 e. The Morgan fingerprint density at radius 1 is 0.833 bits per heavy atom. The zero-order chi connectivity index (χ0) is 20.8. The van der Waals surface area contributed by atoms with E-state index in [2.05, 4.69) is 21.2 Å². The molecule has 0 fully saturated rings. The fourth-order valence-corrected chi connectivity index (χ4v) is 4.15. The number of imide groups is 1. The lowest BCUT2D eigenvalue weighted by Gasteiger charge is -2.17. The van der Waals surface area contributed by atoms with E-state index < -0.39 is 5.91 Å². The first-order valence-corrected chi connectivity index (χ1v) is 10.2. The van der Waals surface area contributed by atoms with Crippen LogP contribution >= 0.6 is 15.9 Å². The van der Waals surface area contributed by atoms with Gasteiger partial charge in [0, 0.05) is 22.6 Å². The van der Waals surface area contributed by atoms with Crippen LogP contribution in [0.2, 0.25) is 0 Å². The molecule has 0 saturated carbocycles. The molecule has 5 rings (SSSR count). The van der Waals surface area contributed by atoms with Crippen molar-refractivity contribution in [3.63, 3.8) is 0 Å². The summed E-state index contributed by atoms with van der Waals surface area (Å²) in [6.07, 6.45) is 1.17. The van der Waals surface area contributed by atoms with E-state index in [0.717, 1.165) is 16.2 Å². The number of benzene rings is 3. The second kappa shape index (κ2) is 7.11. The third-order valence-electron chi connectivity index (χ3n) is 5.16. The Morgan fingerprint density at radius 3 is 2.40 bits per heavy atom. The average Bonchev–Trinajstić information content (AvgIpc) is 2.98. The summed E-state index contributed by atoms with van der Waals surface area (Å²) in [5.74, 6) is 0.185. The third-order valence-corrected chi connectivity index (χ3v) is 5.83. The van der Waals surface area contributed by atoms with Gasteiger partial charge in [-0.25, -0.2) is 4.90 Å². The van der Waals surface area contributed by atoms with Crippen molar-refractivity contribution in [2.45, 2.75) is 12.8 Å². The summed E-state index contributed by atoms with van der Waals surface area (Å²) in [5, 5.41) is 2.84. The molecule has 6 nitrogen and oxygen atoms in total. The van der Waals surface area contributed by atoms with Crippen molar-refractivity contribution in [3.05, 3.63) is 81.8 Å². The highest BCUT2D eigenvalue weighted by Crippen LogP contribution is 2.36. The topological polar surface area (TPSA) is 75.7 Å². The summed E-state index contributed by atoms with van der Waals surface area (Å²) in [4.78, 5) is 38.6. The summed E-state index contributed by atoms with van der Waals surface area (Å²) in [6, 6.07) is 17.4. The summed E-state index contributed by atoms with van der Waals surface area (Å²) < 4.78 is 6.57. The number of anilines is 2. The molecule has 0 atom stereocenters. The van der Waals surface area contributed by atoms with Crippen LogP contribution in [0.4, 0.5) is 11.4 Å². The number of para-hydroxylation sites is 1. The predicted octanol–water partition coefficient (Wildman–Crippen LogP) is 4.93. The van der Waals surface area contributed by atoms with Crippen molar-refractivity contribution >= 4 is 45.0 Å². The number of hydrogen-bond donors (Lipinski definition) is 1. The normalized spacial score (nSPS) is 15.0. The van der Waals surface area contributed by atoms with Crippen molar-refractivity contribution in [2.24, 2.45) is 0 Å². The molecule has 0 radical (unpaired) electrons. The third kappa shape index (κ3) is 3.07. The number of fused-ring (bicyclic) bond motifs is 2. The molecule has 2 aliphatic rings. The maximum absolute atomic E-state index is 13.0. The highest BCUT2D eigenvalue weighted by Gasteiger charge is 2.37. The van der Waals surface area contributed by atoms with E-state index in [9.17, 15) is 14.4 Å². The molecule has 1 N–H and O–H groups in total. The van der Waals surface area contributed by atoms with E-state index in [4.69, 9.17) is 4.74 Å². The highest BCUT2D eigenvalue weighted by atomic mass is 79.9. The van der Waals surface area contributed by atoms with E-state index in [1.165, 1.54) is 0 Å². The van der Waals surface area contributed by atoms with Gasteiger partial charge in [-0.1, -0.05) is 18.2 Å². The number of carbonyl (C=O) groups is 3. The van der Waals surface area contributed by atoms with Crippen LogP contribution in [0.25, 0.3) is 0 Å². The van der Waals surface area contributed by atoms with Crippen molar-refractivity contribution in [1.82, 2.24) is 0 Å². The van der Waals surface area contributed by atoms with Gasteiger partial charge in [-0.05, 0) is 64.3 Å². The van der Waals surface area contributed by atoms with E-state index in [-0.39, 0.29) is 11.8 Å². The van der Waals surface area contributed by atoms with Crippen molar-refractivity contribution < 1.29 is 19.1 Å². The maximum Gasteiger partial charge on any atom is 0.266 e. The molecule has 0 unspecified atom stereocenters. The van der Waals surface area contributed by atoms with E-state index in [1.54, 1.807) is 42.5 Å². The summed E-state index contributed by atoms with van der Waals surface area (Å²) >= 11 is 3.40. The Labute approximate surface area is 180 Å². The summed E-state index contributed by atoms with van der Waals surface area (Å²) in [7, 11) is 0. The number of rotatable bonds is 3. The molecule has 0 bridgehead atoms. The lowest BCUT2D eigenvalue weighted by Crippen LogP contribution is -2.29. The smallest absolute Gasteiger partial charge is 0.266 e. The number of nitrogens with zero attached hydrogens (tertiary/aromatic N) is 1. The Kier molecular flexibility index (Phi) is 4.40. The molecule has 2 aliphatic heterocycles. The first-order valence-electron chi connectivity index (χ1n) is 9.39. The number of amides is 3. The molecule has 0 saturated heterocycles. The predicted molar refractivity (Wildman–Crippen MR) is 115 cm³/mol. The Hall–Kier alpha value is -3.45. The SMILES string of the molecule is O=C1CCc2ccc(Oc3ccc4c(c3)C(=O)N(c3ccccc3Br)C4=O)cc2N1. The molecule has 0 aromatic heterocycles. The quantitative estimate of drug-likeness (QED) is 0.560. The van der Waals surface area contributed by atoms with Gasteiger partial charge in [0.05, 0.1) is 16.8 Å². The van der Waals surface area contributed by atoms with Crippen LogP contribution in [0.5, 0.6) is 11.5 Å². The van der Waals surface area contributed by atoms with Crippen LogP contribution in [0.15, 0.2) is 65.1 Å². The van der Waals surface area contributed by atoms with Gasteiger partial charge in [-0.2, -0.15) is 0 Å². The molecule has 7 heteroatoms. The van der Waals surface area contributed by atoms with Gasteiger partial charge < -0.3 is 10.1 Å². The fourth-order valence-electron chi connectivity index (χ4n) is 3.69. The zero-order valence-corrected chi connectivity index (χ0v) is 17.2. The van der Waals surface area contributed by atoms with Gasteiger partial charge in [0.2, 0.25) is 5.91 Å². The van der Waals surface area contributed by atoms with E-state index in [0.29, 0.717) is 45.6 Å².